The van der Waals surface area contributed by atoms with Gasteiger partial charge in [0.15, 0.2) is 0 Å². The van der Waals surface area contributed by atoms with Gasteiger partial charge in [-0.15, -0.1) is 11.3 Å². The SMILES string of the molecule is COc1ncc(NC(=O)C(=O)N2C[C@@H](C)CC[C@@H]2c2ccc3sc([C@H]4CCN(C)C[C@@H]4OC)nc3c2)cc1C(N)O. The fraction of sp³-hybridized carbons (Fsp3) is 0.517. The number of benzene rings is 1. The van der Waals surface area contributed by atoms with E-state index in [-0.39, 0.29) is 41.1 Å². The average molecular weight is 583 g/mol. The van der Waals surface area contributed by atoms with Crippen molar-refractivity contribution in [2.45, 2.75) is 50.5 Å². The van der Waals surface area contributed by atoms with Gasteiger partial charge in [-0.25, -0.2) is 9.97 Å². The van der Waals surface area contributed by atoms with Crippen LogP contribution in [0, 0.1) is 5.92 Å². The van der Waals surface area contributed by atoms with E-state index >= 15 is 0 Å². The third kappa shape index (κ3) is 6.21. The number of nitrogens with zero attached hydrogens (tertiary/aromatic N) is 4. The second-order valence-electron chi connectivity index (χ2n) is 11.1. The Labute approximate surface area is 243 Å². The fourth-order valence-electron chi connectivity index (χ4n) is 5.88. The van der Waals surface area contributed by atoms with Gasteiger partial charge in [-0.3, -0.25) is 9.59 Å². The summed E-state index contributed by atoms with van der Waals surface area (Å²) in [6.45, 7) is 4.44. The van der Waals surface area contributed by atoms with Gasteiger partial charge in [0.05, 0.1) is 51.9 Å². The van der Waals surface area contributed by atoms with Crippen molar-refractivity contribution in [1.82, 2.24) is 19.8 Å². The lowest BCUT2D eigenvalue weighted by Crippen LogP contribution is -2.46. The number of piperidine rings is 2. The predicted molar refractivity (Wildman–Crippen MR) is 157 cm³/mol. The van der Waals surface area contributed by atoms with Gasteiger partial charge in [-0.05, 0) is 62.5 Å². The molecule has 5 rings (SSSR count). The van der Waals surface area contributed by atoms with Crippen molar-refractivity contribution in [3.8, 4) is 5.88 Å². The molecule has 2 aromatic heterocycles. The number of likely N-dealkylation sites (N-methyl/N-ethyl adjacent to an activating group) is 1. The predicted octanol–water partition coefficient (Wildman–Crippen LogP) is 3.02. The maximum atomic E-state index is 13.5. The summed E-state index contributed by atoms with van der Waals surface area (Å²) >= 11 is 1.70. The second-order valence-corrected chi connectivity index (χ2v) is 12.2. The topological polar surface area (TPSA) is 143 Å². The van der Waals surface area contributed by atoms with E-state index in [9.17, 15) is 14.7 Å². The summed E-state index contributed by atoms with van der Waals surface area (Å²) in [4.78, 5) is 39.7. The summed E-state index contributed by atoms with van der Waals surface area (Å²) in [7, 11) is 5.28. The highest BCUT2D eigenvalue weighted by molar-refractivity contribution is 7.18. The molecule has 1 aromatic carbocycles. The van der Waals surface area contributed by atoms with Gasteiger partial charge in [0.25, 0.3) is 0 Å². The molecule has 2 aliphatic rings. The van der Waals surface area contributed by atoms with E-state index in [1.807, 2.05) is 6.07 Å². The lowest BCUT2D eigenvalue weighted by Gasteiger charge is -2.38. The van der Waals surface area contributed by atoms with Gasteiger partial charge in [-0.2, -0.15) is 0 Å². The largest absolute Gasteiger partial charge is 0.481 e. The van der Waals surface area contributed by atoms with Crippen LogP contribution in [0.4, 0.5) is 5.69 Å². The first-order chi connectivity index (χ1) is 19.7. The minimum absolute atomic E-state index is 0.102. The highest BCUT2D eigenvalue weighted by Gasteiger charge is 2.35. The van der Waals surface area contributed by atoms with Gasteiger partial charge >= 0.3 is 11.8 Å². The molecule has 41 heavy (non-hydrogen) atoms. The number of hydrogen-bond donors (Lipinski definition) is 3. The number of pyridine rings is 1. The van der Waals surface area contributed by atoms with Crippen molar-refractivity contribution in [3.05, 3.63) is 46.6 Å². The molecule has 2 aliphatic heterocycles. The summed E-state index contributed by atoms with van der Waals surface area (Å²) < 4.78 is 12.0. The minimum Gasteiger partial charge on any atom is -0.481 e. The molecule has 0 spiro atoms. The Morgan fingerprint density at radius 2 is 2.00 bits per heavy atom. The highest BCUT2D eigenvalue weighted by Crippen LogP contribution is 2.38. The molecule has 2 amide bonds. The van der Waals surface area contributed by atoms with E-state index in [0.29, 0.717) is 6.54 Å². The van der Waals surface area contributed by atoms with Crippen molar-refractivity contribution in [2.75, 3.05) is 46.2 Å². The van der Waals surface area contributed by atoms with Crippen LogP contribution >= 0.6 is 11.3 Å². The van der Waals surface area contributed by atoms with E-state index in [1.54, 1.807) is 23.3 Å². The van der Waals surface area contributed by atoms with Gasteiger partial charge in [0.1, 0.15) is 6.23 Å². The number of hydrogen-bond acceptors (Lipinski definition) is 10. The summed E-state index contributed by atoms with van der Waals surface area (Å²) in [5.74, 6) is -0.750. The molecular formula is C29H38N6O5S. The van der Waals surface area contributed by atoms with Crippen LogP contribution in [-0.2, 0) is 14.3 Å². The molecule has 0 radical (unpaired) electrons. The Bertz CT molecular complexity index is 1410. The molecular weight excluding hydrogens is 544 g/mol. The van der Waals surface area contributed by atoms with Crippen LogP contribution in [0.25, 0.3) is 10.2 Å². The Balaban J connectivity index is 1.37. The van der Waals surface area contributed by atoms with Crippen LogP contribution < -0.4 is 15.8 Å². The summed E-state index contributed by atoms with van der Waals surface area (Å²) in [6.07, 6.45) is 2.80. The van der Waals surface area contributed by atoms with Crippen LogP contribution in [-0.4, -0.2) is 83.7 Å². The highest BCUT2D eigenvalue weighted by atomic mass is 32.1. The first kappa shape index (κ1) is 29.3. The third-order valence-corrected chi connectivity index (χ3v) is 9.28. The second kappa shape index (κ2) is 12.4. The van der Waals surface area contributed by atoms with Crippen molar-refractivity contribution in [2.24, 2.45) is 11.7 Å². The fourth-order valence-corrected chi connectivity index (χ4v) is 7.01. The smallest absolute Gasteiger partial charge is 0.313 e. The number of fused-ring (bicyclic) bond motifs is 1. The number of likely N-dealkylation sites (tertiary alicyclic amines) is 2. The lowest BCUT2D eigenvalue weighted by molar-refractivity contribution is -0.146. The Morgan fingerprint density at radius 1 is 1.20 bits per heavy atom. The van der Waals surface area contributed by atoms with E-state index in [1.165, 1.54) is 19.4 Å². The number of rotatable bonds is 6. The number of ether oxygens (including phenoxy) is 2. The molecule has 0 aliphatic carbocycles. The summed E-state index contributed by atoms with van der Waals surface area (Å²) in [5.41, 5.74) is 7.92. The number of carbonyl (C=O) groups excluding carboxylic acids is 2. The molecule has 5 atom stereocenters. The maximum absolute atomic E-state index is 13.5. The van der Waals surface area contributed by atoms with Crippen LogP contribution in [0.5, 0.6) is 5.88 Å². The number of methoxy groups -OCH3 is 2. The molecule has 2 fully saturated rings. The molecule has 12 heteroatoms. The van der Waals surface area contributed by atoms with Gasteiger partial charge in [-0.1, -0.05) is 13.0 Å². The first-order valence-electron chi connectivity index (χ1n) is 13.9. The average Bonchev–Trinajstić information content (AvgIpc) is 3.39. The Hall–Kier alpha value is -3.16. The standard InChI is InChI=1S/C29H38N6O5S/c1-16-5-7-22(35(14-16)29(38)26(37)32-18-12-20(25(30)36)27(40-4)31-13-18)17-6-8-24-21(11-17)33-28(41-24)19-9-10-34(2)15-23(19)39-3/h6,8,11-13,16,19,22-23,25,36H,5,7,9-10,14-15,30H2,1-4H3,(H,32,37)/t16-,19-,22+,23-,25?/m0/s1. The summed E-state index contributed by atoms with van der Waals surface area (Å²) in [6, 6.07) is 7.39. The van der Waals surface area contributed by atoms with Crippen molar-refractivity contribution in [1.29, 1.82) is 0 Å². The number of thiazole rings is 1. The molecule has 0 saturated carbocycles. The number of aliphatic hydroxyl groups excluding tert-OH is 1. The van der Waals surface area contributed by atoms with E-state index in [4.69, 9.17) is 20.2 Å². The maximum Gasteiger partial charge on any atom is 0.313 e. The van der Waals surface area contributed by atoms with Crippen molar-refractivity contribution in [3.63, 3.8) is 0 Å². The molecule has 0 bridgehead atoms. The minimum atomic E-state index is -1.35. The molecule has 11 nitrogen and oxygen atoms in total. The van der Waals surface area contributed by atoms with E-state index in [0.717, 1.165) is 53.1 Å². The zero-order valence-electron chi connectivity index (χ0n) is 23.9. The van der Waals surface area contributed by atoms with E-state index in [2.05, 4.69) is 41.3 Å². The number of aromatic nitrogens is 2. The van der Waals surface area contributed by atoms with Gasteiger partial charge in [0.2, 0.25) is 5.88 Å². The monoisotopic (exact) mass is 582 g/mol. The number of anilines is 1. The zero-order valence-corrected chi connectivity index (χ0v) is 24.7. The third-order valence-electron chi connectivity index (χ3n) is 8.12. The zero-order chi connectivity index (χ0) is 29.3. The number of aliphatic hydroxyl groups is 1. The van der Waals surface area contributed by atoms with Crippen LogP contribution in [0.15, 0.2) is 30.5 Å². The molecule has 3 aromatic rings. The summed E-state index contributed by atoms with van der Waals surface area (Å²) in [5, 5.41) is 13.5. The van der Waals surface area contributed by atoms with Crippen molar-refractivity contribution >= 4 is 39.1 Å². The molecule has 4 heterocycles. The van der Waals surface area contributed by atoms with Crippen LogP contribution in [0.2, 0.25) is 0 Å². The Morgan fingerprint density at radius 3 is 2.73 bits per heavy atom. The van der Waals surface area contributed by atoms with Gasteiger partial charge in [0, 0.05) is 26.1 Å². The Kier molecular flexibility index (Phi) is 8.85. The quantitative estimate of drug-likeness (QED) is 0.295. The first-order valence-corrected chi connectivity index (χ1v) is 14.7. The number of nitrogens with two attached hydrogens (primary N) is 1. The van der Waals surface area contributed by atoms with E-state index < -0.39 is 18.0 Å². The van der Waals surface area contributed by atoms with Gasteiger partial charge < -0.3 is 35.4 Å². The van der Waals surface area contributed by atoms with Crippen LogP contribution in [0.3, 0.4) is 0 Å². The number of amides is 2. The number of carbonyl (C=O) groups is 2. The molecule has 1 unspecified atom stereocenters. The lowest BCUT2D eigenvalue weighted by atomic mass is 9.89. The van der Waals surface area contributed by atoms with Crippen LogP contribution in [0.1, 0.15) is 60.5 Å². The number of nitrogens with one attached hydrogen (secondary N) is 1. The normalized spacial score (nSPS) is 24.3. The molecule has 4 N–H and O–H groups in total. The molecule has 2 saturated heterocycles. The van der Waals surface area contributed by atoms with Crippen molar-refractivity contribution < 1.29 is 24.2 Å². The molecule has 220 valence electrons.